The second-order valence-corrected chi connectivity index (χ2v) is 0. The van der Waals surface area contributed by atoms with Crippen molar-refractivity contribution in [3.63, 3.8) is 0 Å². The predicted octanol–water partition coefficient (Wildman–Crippen LogP) is 3.73. The Kier molecular flexibility index (Phi) is 8790. The second kappa shape index (κ2) is 10000. The van der Waals surface area contributed by atoms with Crippen LogP contribution >= 0.6 is 0 Å². The van der Waals surface area contributed by atoms with E-state index in [9.17, 15) is 0 Å². The summed E-state index contributed by atoms with van der Waals surface area (Å²) in [5.41, 5.74) is 0. The zero-order chi connectivity index (χ0) is 46.0. The summed E-state index contributed by atoms with van der Waals surface area (Å²) < 4.78 is 121. The zero-order valence-corrected chi connectivity index (χ0v) is 13.3. The number of hydrogen-bond acceptors (Lipinski definition) is 23. The maximum Gasteiger partial charge on any atom is 0.115 e. The molecule has 0 bridgehead atoms. The quantitative estimate of drug-likeness (QED) is 0.267. The van der Waals surface area contributed by atoms with Crippen LogP contribution in [0.25, 0.3) is 0 Å². The lowest BCUT2D eigenvalue weighted by atomic mass is 14.0. The minimum atomic E-state index is 3.75. The van der Waals surface area contributed by atoms with Gasteiger partial charge in [0.25, 0.3) is 0 Å². The first-order valence-electron chi connectivity index (χ1n) is 13.3. The maximum absolute atomic E-state index is 5.25. The standard InChI is InChI=1S/23H3N/h23*1H3/i/hD23. The lowest BCUT2D eigenvalue weighted by Crippen LogP contribution is -0.482. The minimum absolute atomic E-state index is 3.75. The van der Waals surface area contributed by atoms with E-state index in [4.69, 9.17) is 32.5 Å². The first-order chi connectivity index (χ1) is 23.0. The summed E-state index contributed by atoms with van der Waals surface area (Å²) in [5, 5.41) is 0. The molecule has 0 aromatic rings. The van der Waals surface area contributed by atoms with E-state index in [1.807, 2.05) is 0 Å². The van der Waals surface area contributed by atoms with Gasteiger partial charge in [-0.3, -0.25) is 0 Å². The van der Waals surface area contributed by atoms with Crippen molar-refractivity contribution in [2.75, 3.05) is 0 Å². The molecule has 0 aliphatic heterocycles. The molecule has 0 saturated heterocycles. The largest absolute Gasteiger partial charge is 0.344 e. The van der Waals surface area contributed by atoms with Gasteiger partial charge >= 0.3 is 0 Å². The van der Waals surface area contributed by atoms with Crippen LogP contribution in [0.2, 0.25) is 32.5 Å². The van der Waals surface area contributed by atoms with E-state index in [0.29, 0.717) is 0 Å². The maximum atomic E-state index is 5.25. The van der Waals surface area contributed by atoms with Gasteiger partial charge in [0.15, 0.2) is 0 Å². The molecule has 0 amide bonds. The van der Waals surface area contributed by atoms with Gasteiger partial charge in [-0.05, 0) is 0 Å². The first-order valence-corrected chi connectivity index (χ1v) is 0. The van der Waals surface area contributed by atoms with Crippen molar-refractivity contribution >= 4 is 0 Å². The Morgan fingerprint density at radius 2 is 0.130 bits per heavy atom. The molecule has 0 fully saturated rings. The fraction of sp³-hybridized carbons (Fsp3) is 0. The smallest absolute Gasteiger partial charge is 0.115 e. The van der Waals surface area contributed by atoms with Crippen LogP contribution in [0.1, 0.15) is 0 Å². The van der Waals surface area contributed by atoms with E-state index in [2.05, 4.69) is 141 Å². The molecule has 0 saturated carbocycles. The molecule has 0 unspecified atom stereocenters. The van der Waals surface area contributed by atoms with E-state index in [-0.39, 0.29) is 0 Å². The molecule has 23 heavy (non-hydrogen) atoms. The van der Waals surface area contributed by atoms with Gasteiger partial charge in [0.1, 0.15) is 32.5 Å². The lowest BCUT2D eigenvalue weighted by Gasteiger charge is -0.345. The third kappa shape index (κ3) is 9070. The van der Waals surface area contributed by atoms with Crippen molar-refractivity contribution in [2.45, 2.75) is 0 Å². The highest BCUT2D eigenvalue weighted by Crippen LogP contribution is -0.459. The Balaban J connectivity index is -0.00000000573. The summed E-state index contributed by atoms with van der Waals surface area (Å²) in [6.45, 7) is 0. The predicted molar refractivity (Wildman–Crippen MR) is 116 cm³/mol. The normalized spacial score (nSPS) is 7.00. The Hall–Kier alpha value is -0.920. The topological polar surface area (TPSA) is 805 Å². The minimum Gasteiger partial charge on any atom is -0.344 e. The molecule has 0 aliphatic carbocycles. The van der Waals surface area contributed by atoms with E-state index < -0.39 is 0 Å². The summed E-state index contributed by atoms with van der Waals surface area (Å²) >= 11 is 0. The Morgan fingerprint density at radius 3 is 0.130 bits per heavy atom. The van der Waals surface area contributed by atoms with E-state index in [0.717, 1.165) is 0 Å². The molecule has 69 N–H and O–H groups in total. The van der Waals surface area contributed by atoms with Gasteiger partial charge < -0.3 is 141 Å². The Bertz CT molecular complexity index is 46.0. The molecule has 0 atom stereocenters. The van der Waals surface area contributed by atoms with Crippen molar-refractivity contribution < 1.29 is 32.5 Å². The van der Waals surface area contributed by atoms with Crippen molar-refractivity contribution in [2.24, 2.45) is 0 Å². The fourth-order valence-electron chi connectivity index (χ4n) is 0. The van der Waals surface area contributed by atoms with Crippen LogP contribution in [0.15, 0.2) is 0 Å². The summed E-state index contributed by atoms with van der Waals surface area (Å²) in [4.78, 5) is 0. The molecule has 23 nitrogen and oxygen atoms in total. The van der Waals surface area contributed by atoms with Crippen molar-refractivity contribution in [3.8, 4) is 0 Å². The molecule has 0 aliphatic rings. The van der Waals surface area contributed by atoms with Gasteiger partial charge in [-0.2, -0.15) is 0 Å². The third-order valence-electron chi connectivity index (χ3n) is 0. The van der Waals surface area contributed by atoms with Gasteiger partial charge in [-0.25, -0.2) is 0 Å². The van der Waals surface area contributed by atoms with E-state index >= 15 is 0 Å². The van der Waals surface area contributed by atoms with Gasteiger partial charge in [0, 0.05) is 0 Å². The van der Waals surface area contributed by atoms with Gasteiger partial charge in [-0.15, -0.1) is 0 Å². The monoisotopic (exact) mass is 415 g/mol. The highest BCUT2D eigenvalue weighted by molar-refractivity contribution is 2.16. The molecule has 184 valence electrons. The number of rotatable bonds is 0. The Morgan fingerprint density at radius 1 is 0.130 bits per heavy atom. The molecule has 23 heteroatoms. The SMILES string of the molecule is [2H]N.[2H]N.[2H]N.[2H]N.[2H]N.[2H]N.[2H]N.[2H]N.[2H]N.[2H]N.[2H]N.[2H]N.[2H]N.[2H]N.[2H]N.[2H]N.[2H]N.[2H]N.[2H]N.[2H]N.[2H]N.[2H]N.[2H]N. The molecule has 0 heterocycles. The van der Waals surface area contributed by atoms with Gasteiger partial charge in [0.2, 0.25) is 0 Å². The Labute approximate surface area is 176 Å². The molecule has 0 aromatic carbocycles. The van der Waals surface area contributed by atoms with Crippen molar-refractivity contribution in [1.82, 2.24) is 141 Å². The van der Waals surface area contributed by atoms with E-state index in [1.165, 1.54) is 0 Å². The molecule has 0 spiro atoms. The van der Waals surface area contributed by atoms with Crippen LogP contribution in [0, 0.1) is 0 Å². The summed E-state index contributed by atoms with van der Waals surface area (Å²) in [6, 6.07) is 0. The second-order valence-electron chi connectivity index (χ2n) is 0. The average molecular weight is 415 g/mol. The molecule has 0 radical (unpaired) electrons. The average Bonchev–Trinajstić information content (AvgIpc) is 3.31. The number of hydrogen-bond donors (Lipinski definition) is 23. The van der Waals surface area contributed by atoms with Gasteiger partial charge in [-0.1, -0.05) is 0 Å². The highest BCUT2D eigenvalue weighted by Gasteiger charge is -0.322. The first kappa shape index (κ1) is 20.1. The van der Waals surface area contributed by atoms with Gasteiger partial charge in [0.05, 0.1) is 0 Å². The van der Waals surface area contributed by atoms with Crippen LogP contribution in [0.3, 0.4) is 0 Å². The van der Waals surface area contributed by atoms with Crippen LogP contribution in [0.4, 0.5) is 0 Å². The van der Waals surface area contributed by atoms with Crippen molar-refractivity contribution in [3.05, 3.63) is 0 Å². The third-order valence-corrected chi connectivity index (χ3v) is 0. The fourth-order valence-corrected chi connectivity index (χ4v) is 0. The van der Waals surface area contributed by atoms with Crippen molar-refractivity contribution in [1.29, 1.82) is 0 Å². The summed E-state index contributed by atoms with van der Waals surface area (Å²) in [6.07, 6.45) is 86.2. The summed E-state index contributed by atoms with van der Waals surface area (Å²) in [5.74, 6) is 0. The van der Waals surface area contributed by atoms with Crippen LogP contribution < -0.4 is 141 Å². The molecule has 0 aromatic heterocycles. The van der Waals surface area contributed by atoms with Crippen LogP contribution in [0.5, 0.6) is 0 Å². The summed E-state index contributed by atoms with van der Waals surface area (Å²) in [7, 11) is 0. The zero-order valence-electron chi connectivity index (χ0n) is 36.3. The van der Waals surface area contributed by atoms with Crippen LogP contribution in [-0.4, -0.2) is 0 Å². The molecule has 0 rings (SSSR count). The molecular weight excluding hydrogens is 322 g/mol. The molecular formula is H69N23. The van der Waals surface area contributed by atoms with E-state index in [1.54, 1.807) is 0 Å². The lowest BCUT2D eigenvalue weighted by molar-refractivity contribution is 2.13. The highest BCUT2D eigenvalue weighted by atomic mass is 14.0. The van der Waals surface area contributed by atoms with Crippen LogP contribution in [-0.2, 0) is 0 Å².